The third-order valence-electron chi connectivity index (χ3n) is 4.09. The van der Waals surface area contributed by atoms with E-state index in [1.165, 1.54) is 12.1 Å². The molecule has 3 rings (SSSR count). The molecule has 0 spiro atoms. The number of benzene rings is 1. The number of aryl methyl sites for hydroxylation is 1. The number of hydrogen-bond acceptors (Lipinski definition) is 3. The zero-order valence-corrected chi connectivity index (χ0v) is 13.5. The Morgan fingerprint density at radius 1 is 1.33 bits per heavy atom. The zero-order valence-electron chi connectivity index (χ0n) is 13.5. The van der Waals surface area contributed by atoms with Gasteiger partial charge in [0.25, 0.3) is 0 Å². The van der Waals surface area contributed by atoms with Crippen LogP contribution in [-0.4, -0.2) is 24.2 Å². The number of ether oxygens (including phenoxy) is 1. The van der Waals surface area contributed by atoms with Gasteiger partial charge in [0.05, 0.1) is 6.10 Å². The maximum Gasteiger partial charge on any atom is 0.319 e. The van der Waals surface area contributed by atoms with E-state index in [9.17, 15) is 9.18 Å². The van der Waals surface area contributed by atoms with E-state index in [1.54, 1.807) is 30.5 Å². The van der Waals surface area contributed by atoms with Gasteiger partial charge < -0.3 is 15.4 Å². The number of carbonyl (C=O) groups excluding carboxylic acids is 1. The fraction of sp³-hybridized carbons (Fsp3) is 0.333. The molecule has 0 aliphatic carbocycles. The summed E-state index contributed by atoms with van der Waals surface area (Å²) < 4.78 is 18.8. The van der Waals surface area contributed by atoms with Crippen molar-refractivity contribution in [1.82, 2.24) is 10.3 Å². The molecule has 1 aliphatic rings. The van der Waals surface area contributed by atoms with Crippen LogP contribution in [0.5, 0.6) is 0 Å². The van der Waals surface area contributed by atoms with E-state index in [0.717, 1.165) is 17.7 Å². The highest BCUT2D eigenvalue weighted by Gasteiger charge is 2.29. The summed E-state index contributed by atoms with van der Waals surface area (Å²) in [6.07, 6.45) is 2.39. The van der Waals surface area contributed by atoms with Crippen LogP contribution in [0.1, 0.15) is 23.8 Å². The fourth-order valence-corrected chi connectivity index (χ4v) is 2.89. The molecule has 1 aliphatic heterocycles. The van der Waals surface area contributed by atoms with Crippen LogP contribution < -0.4 is 10.6 Å². The van der Waals surface area contributed by atoms with Gasteiger partial charge in [-0.15, -0.1) is 0 Å². The molecule has 1 saturated heterocycles. The molecular formula is C18H20FN3O2. The van der Waals surface area contributed by atoms with Gasteiger partial charge in [0.2, 0.25) is 0 Å². The number of amides is 2. The summed E-state index contributed by atoms with van der Waals surface area (Å²) in [6.45, 7) is 3.00. The lowest BCUT2D eigenvalue weighted by Crippen LogP contribution is -2.34. The summed E-state index contributed by atoms with van der Waals surface area (Å²) in [5.74, 6) is -0.0983. The summed E-state index contributed by atoms with van der Waals surface area (Å²) in [5.41, 5.74) is 2.48. The minimum absolute atomic E-state index is 0.117. The summed E-state index contributed by atoms with van der Waals surface area (Å²) in [6, 6.07) is 9.62. The van der Waals surface area contributed by atoms with Gasteiger partial charge >= 0.3 is 6.03 Å². The van der Waals surface area contributed by atoms with E-state index in [2.05, 4.69) is 15.6 Å². The normalized spacial score (nSPS) is 19.9. The first-order valence-electron chi connectivity index (χ1n) is 7.96. The predicted molar refractivity (Wildman–Crippen MR) is 89.2 cm³/mol. The predicted octanol–water partition coefficient (Wildman–Crippen LogP) is 3.43. The van der Waals surface area contributed by atoms with Crippen LogP contribution in [0.2, 0.25) is 0 Å². The number of urea groups is 1. The number of halogens is 1. The topological polar surface area (TPSA) is 63.2 Å². The molecule has 2 N–H and O–H groups in total. The summed E-state index contributed by atoms with van der Waals surface area (Å²) in [7, 11) is 0. The van der Waals surface area contributed by atoms with Crippen molar-refractivity contribution in [3.8, 4) is 0 Å². The Bertz CT molecular complexity index is 706. The molecule has 126 valence electrons. The largest absolute Gasteiger partial charge is 0.373 e. The van der Waals surface area contributed by atoms with Crippen molar-refractivity contribution in [1.29, 1.82) is 0 Å². The first kappa shape index (κ1) is 16.4. The molecule has 1 aromatic heterocycles. The average molecular weight is 329 g/mol. The summed E-state index contributed by atoms with van der Waals surface area (Å²) in [4.78, 5) is 16.1. The van der Waals surface area contributed by atoms with Crippen molar-refractivity contribution in [3.05, 3.63) is 59.7 Å². The Morgan fingerprint density at radius 3 is 2.88 bits per heavy atom. The zero-order chi connectivity index (χ0) is 16.9. The second-order valence-electron chi connectivity index (χ2n) is 5.91. The van der Waals surface area contributed by atoms with Crippen LogP contribution in [0.4, 0.5) is 14.9 Å². The molecule has 0 radical (unpaired) electrons. The van der Waals surface area contributed by atoms with Crippen LogP contribution >= 0.6 is 0 Å². The molecule has 24 heavy (non-hydrogen) atoms. The van der Waals surface area contributed by atoms with Gasteiger partial charge in [-0.1, -0.05) is 12.1 Å². The van der Waals surface area contributed by atoms with Crippen molar-refractivity contribution < 1.29 is 13.9 Å². The van der Waals surface area contributed by atoms with Crippen molar-refractivity contribution >= 4 is 11.7 Å². The van der Waals surface area contributed by atoms with Crippen LogP contribution in [0.15, 0.2) is 42.6 Å². The Labute approximate surface area is 140 Å². The molecule has 2 heterocycles. The molecule has 2 aromatic rings. The molecule has 2 atom stereocenters. The SMILES string of the molecule is Cc1cc(NC(=O)NC[C@@H]2CCO[C@H]2c2ccc(F)cc2)ccn1. The number of rotatable bonds is 4. The molecule has 2 amide bonds. The van der Waals surface area contributed by atoms with E-state index in [-0.39, 0.29) is 23.9 Å². The highest BCUT2D eigenvalue weighted by atomic mass is 19.1. The first-order valence-corrected chi connectivity index (χ1v) is 7.96. The maximum atomic E-state index is 13.0. The van der Waals surface area contributed by atoms with Gasteiger partial charge in [-0.3, -0.25) is 4.98 Å². The van der Waals surface area contributed by atoms with Gasteiger partial charge in [0.1, 0.15) is 5.82 Å². The number of hydrogen-bond donors (Lipinski definition) is 2. The lowest BCUT2D eigenvalue weighted by atomic mass is 9.95. The standard InChI is InChI=1S/C18H20FN3O2/c1-12-10-16(6-8-20-12)22-18(23)21-11-14-7-9-24-17(14)13-2-4-15(19)5-3-13/h2-6,8,10,14,17H,7,9,11H2,1H3,(H2,20,21,22,23)/t14-,17-/m0/s1. The van der Waals surface area contributed by atoms with E-state index in [1.807, 2.05) is 6.92 Å². The number of anilines is 1. The highest BCUT2D eigenvalue weighted by Crippen LogP contribution is 2.34. The smallest absolute Gasteiger partial charge is 0.319 e. The Kier molecular flexibility index (Phi) is 5.05. The molecule has 5 nitrogen and oxygen atoms in total. The number of aromatic nitrogens is 1. The van der Waals surface area contributed by atoms with Gasteiger partial charge in [-0.2, -0.15) is 0 Å². The van der Waals surface area contributed by atoms with Crippen LogP contribution in [0.3, 0.4) is 0 Å². The number of carbonyl (C=O) groups is 1. The molecule has 0 saturated carbocycles. The third-order valence-corrected chi connectivity index (χ3v) is 4.09. The van der Waals surface area contributed by atoms with Crippen molar-refractivity contribution in [2.45, 2.75) is 19.4 Å². The molecule has 6 heteroatoms. The van der Waals surface area contributed by atoms with Crippen molar-refractivity contribution in [2.24, 2.45) is 5.92 Å². The molecule has 1 aromatic carbocycles. The lowest BCUT2D eigenvalue weighted by molar-refractivity contribution is 0.0911. The Balaban J connectivity index is 1.55. The fourth-order valence-electron chi connectivity index (χ4n) is 2.89. The van der Waals surface area contributed by atoms with Gasteiger partial charge in [-0.25, -0.2) is 9.18 Å². The molecule has 0 unspecified atom stereocenters. The van der Waals surface area contributed by atoms with Crippen molar-refractivity contribution in [3.63, 3.8) is 0 Å². The van der Waals surface area contributed by atoms with Gasteiger partial charge in [0.15, 0.2) is 0 Å². The molecule has 1 fully saturated rings. The average Bonchev–Trinajstić information content (AvgIpc) is 3.02. The minimum atomic E-state index is -0.265. The first-order chi connectivity index (χ1) is 11.6. The summed E-state index contributed by atoms with van der Waals surface area (Å²) in [5, 5.41) is 5.67. The van der Waals surface area contributed by atoms with E-state index in [4.69, 9.17) is 4.74 Å². The number of pyridine rings is 1. The maximum absolute atomic E-state index is 13.0. The van der Waals surface area contributed by atoms with Gasteiger partial charge in [-0.05, 0) is 43.2 Å². The Morgan fingerprint density at radius 2 is 2.12 bits per heavy atom. The van der Waals surface area contributed by atoms with Crippen LogP contribution in [0, 0.1) is 18.7 Å². The quantitative estimate of drug-likeness (QED) is 0.903. The second kappa shape index (κ2) is 7.40. The highest BCUT2D eigenvalue weighted by molar-refractivity contribution is 5.89. The third kappa shape index (κ3) is 4.08. The molecular weight excluding hydrogens is 309 g/mol. The van der Waals surface area contributed by atoms with Crippen molar-refractivity contribution in [2.75, 3.05) is 18.5 Å². The van der Waals surface area contributed by atoms with E-state index >= 15 is 0 Å². The van der Waals surface area contributed by atoms with Crippen LogP contribution in [0.25, 0.3) is 0 Å². The number of nitrogens with one attached hydrogen (secondary N) is 2. The monoisotopic (exact) mass is 329 g/mol. The van der Waals surface area contributed by atoms with Gasteiger partial charge in [0, 0.05) is 36.6 Å². The summed E-state index contributed by atoms with van der Waals surface area (Å²) >= 11 is 0. The van der Waals surface area contributed by atoms with E-state index < -0.39 is 0 Å². The van der Waals surface area contributed by atoms with Crippen LogP contribution in [-0.2, 0) is 4.74 Å². The Hall–Kier alpha value is -2.47. The van der Waals surface area contributed by atoms with E-state index in [0.29, 0.717) is 18.8 Å². The molecule has 0 bridgehead atoms. The minimum Gasteiger partial charge on any atom is -0.373 e. The lowest BCUT2D eigenvalue weighted by Gasteiger charge is -2.19. The number of nitrogens with zero attached hydrogens (tertiary/aromatic N) is 1. The second-order valence-corrected chi connectivity index (χ2v) is 5.91.